The fourth-order valence-electron chi connectivity index (χ4n) is 2.65. The largest absolute Gasteiger partial charge is 0.388 e. The minimum absolute atomic E-state index is 0.0376. The van der Waals surface area contributed by atoms with E-state index in [2.05, 4.69) is 10.3 Å². The van der Waals surface area contributed by atoms with Gasteiger partial charge in [-0.25, -0.2) is 13.8 Å². The van der Waals surface area contributed by atoms with Gasteiger partial charge in [-0.15, -0.1) is 0 Å². The Kier molecular flexibility index (Phi) is 5.62. The number of anilines is 1. The van der Waals surface area contributed by atoms with Gasteiger partial charge >= 0.3 is 0 Å². The lowest BCUT2D eigenvalue weighted by molar-refractivity contribution is -0.116. The Bertz CT molecular complexity index is 597. The smallest absolute Gasteiger partial charge is 0.248 e. The summed E-state index contributed by atoms with van der Waals surface area (Å²) < 4.78 is 26.4. The zero-order chi connectivity index (χ0) is 17.0. The number of hydrogen-bond acceptors (Lipinski definition) is 4. The van der Waals surface area contributed by atoms with Crippen LogP contribution in [0, 0.1) is 0 Å². The molecule has 0 aliphatic heterocycles. The van der Waals surface area contributed by atoms with Crippen molar-refractivity contribution in [3.8, 4) is 0 Å². The maximum Gasteiger partial charge on any atom is 0.248 e. The zero-order valence-electron chi connectivity index (χ0n) is 13.1. The maximum atomic E-state index is 13.2. The summed E-state index contributed by atoms with van der Waals surface area (Å²) in [5.74, 6) is -1.88. The van der Waals surface area contributed by atoms with Crippen LogP contribution in [0.2, 0.25) is 0 Å². The molecule has 1 aromatic heterocycles. The van der Waals surface area contributed by atoms with Crippen molar-refractivity contribution in [3.63, 3.8) is 0 Å². The number of alkyl halides is 2. The van der Waals surface area contributed by atoms with Gasteiger partial charge in [0.25, 0.3) is 0 Å². The summed E-state index contributed by atoms with van der Waals surface area (Å²) >= 11 is 4.97. The second-order valence-corrected chi connectivity index (χ2v) is 6.53. The highest BCUT2D eigenvalue weighted by atomic mass is 32.1. The van der Waals surface area contributed by atoms with Crippen molar-refractivity contribution in [2.75, 3.05) is 5.32 Å². The molecule has 0 atom stereocenters. The van der Waals surface area contributed by atoms with Crippen LogP contribution >= 0.6 is 12.2 Å². The van der Waals surface area contributed by atoms with Crippen LogP contribution in [-0.4, -0.2) is 27.7 Å². The maximum absolute atomic E-state index is 13.2. The number of ketones is 1. The van der Waals surface area contributed by atoms with E-state index >= 15 is 0 Å². The average molecular weight is 341 g/mol. The Labute approximate surface area is 139 Å². The molecule has 0 unspecified atom stereocenters. The van der Waals surface area contributed by atoms with E-state index in [0.29, 0.717) is 37.2 Å². The minimum Gasteiger partial charge on any atom is -0.388 e. The van der Waals surface area contributed by atoms with Crippen molar-refractivity contribution < 1.29 is 13.6 Å². The molecule has 0 aromatic carbocycles. The van der Waals surface area contributed by atoms with Gasteiger partial charge in [0.1, 0.15) is 16.6 Å². The molecule has 126 valence electrons. The van der Waals surface area contributed by atoms with Gasteiger partial charge in [0, 0.05) is 25.3 Å². The van der Waals surface area contributed by atoms with Gasteiger partial charge in [0.15, 0.2) is 0 Å². The van der Waals surface area contributed by atoms with Crippen molar-refractivity contribution in [2.45, 2.75) is 57.4 Å². The summed E-state index contributed by atoms with van der Waals surface area (Å²) in [7, 11) is 0. The topological polar surface area (TPSA) is 68.0 Å². The molecule has 0 spiro atoms. The summed E-state index contributed by atoms with van der Waals surface area (Å²) in [6.07, 6.45) is 1.57. The molecule has 23 heavy (non-hydrogen) atoms. The number of aromatic nitrogens is 1. The highest BCUT2D eigenvalue weighted by molar-refractivity contribution is 7.80. The Morgan fingerprint density at radius 2 is 2.09 bits per heavy atom. The number of pyridine rings is 1. The predicted molar refractivity (Wildman–Crippen MR) is 90.0 cm³/mol. The predicted octanol–water partition coefficient (Wildman–Crippen LogP) is 3.23. The van der Waals surface area contributed by atoms with Crippen LogP contribution < -0.4 is 11.1 Å². The molecule has 0 amide bonds. The normalized spacial score (nSPS) is 17.7. The fraction of sp³-hybridized carbons (Fsp3) is 0.562. The van der Waals surface area contributed by atoms with Crippen LogP contribution in [0.3, 0.4) is 0 Å². The molecular weight excluding hydrogens is 320 g/mol. The van der Waals surface area contributed by atoms with Gasteiger partial charge < -0.3 is 15.8 Å². The Morgan fingerprint density at radius 3 is 2.65 bits per heavy atom. The van der Waals surface area contributed by atoms with E-state index < -0.39 is 5.92 Å². The molecule has 0 saturated heterocycles. The van der Waals surface area contributed by atoms with E-state index in [1.807, 2.05) is 6.07 Å². The molecule has 4 nitrogen and oxygen atoms in total. The lowest BCUT2D eigenvalue weighted by Gasteiger charge is -2.29. The Balaban J connectivity index is 2.10. The SMILES string of the molecule is CC(=O)CCc1cc(NC2CCC(F)(F)CC2)nc(C(N)=S)c1. The number of Topliss-reactive ketones (excluding diaryl/α,β-unsaturated/α-hetero) is 1. The van der Waals surface area contributed by atoms with Crippen LogP contribution in [0.4, 0.5) is 14.6 Å². The number of rotatable bonds is 6. The Morgan fingerprint density at radius 1 is 1.43 bits per heavy atom. The quantitative estimate of drug-likeness (QED) is 0.778. The molecule has 1 saturated carbocycles. The number of nitrogens with zero attached hydrogens (tertiary/aromatic N) is 1. The first-order valence-electron chi connectivity index (χ1n) is 7.70. The van der Waals surface area contributed by atoms with E-state index in [-0.39, 0.29) is 29.7 Å². The number of nitrogens with one attached hydrogen (secondary N) is 1. The van der Waals surface area contributed by atoms with Gasteiger partial charge in [-0.3, -0.25) is 0 Å². The van der Waals surface area contributed by atoms with Crippen molar-refractivity contribution in [3.05, 3.63) is 23.4 Å². The average Bonchev–Trinajstić information content (AvgIpc) is 2.47. The number of halogens is 2. The van der Waals surface area contributed by atoms with Crippen molar-refractivity contribution in [1.29, 1.82) is 0 Å². The first-order chi connectivity index (χ1) is 10.7. The standard InChI is InChI=1S/C16H21F2N3OS/c1-10(22)2-3-11-8-13(15(19)23)21-14(9-11)20-12-4-6-16(17,18)7-5-12/h8-9,12H,2-7H2,1H3,(H2,19,23)(H,20,21). The van der Waals surface area contributed by atoms with E-state index in [1.54, 1.807) is 6.07 Å². The third kappa shape index (κ3) is 5.49. The number of aryl methyl sites for hydroxylation is 1. The molecule has 0 radical (unpaired) electrons. The van der Waals surface area contributed by atoms with Crippen LogP contribution in [0.15, 0.2) is 12.1 Å². The second kappa shape index (κ2) is 7.29. The van der Waals surface area contributed by atoms with Crippen molar-refractivity contribution in [2.24, 2.45) is 5.73 Å². The van der Waals surface area contributed by atoms with Gasteiger partial charge in [-0.2, -0.15) is 0 Å². The first-order valence-corrected chi connectivity index (χ1v) is 8.10. The third-order valence-electron chi connectivity index (χ3n) is 3.97. The lowest BCUT2D eigenvalue weighted by Crippen LogP contribution is -2.32. The molecule has 1 aliphatic rings. The molecule has 3 N–H and O–H groups in total. The zero-order valence-corrected chi connectivity index (χ0v) is 13.9. The molecule has 2 rings (SSSR count). The third-order valence-corrected chi connectivity index (χ3v) is 4.18. The monoisotopic (exact) mass is 341 g/mol. The van der Waals surface area contributed by atoms with Crippen molar-refractivity contribution in [1.82, 2.24) is 4.98 Å². The number of carbonyl (C=O) groups excluding carboxylic acids is 1. The van der Waals surface area contributed by atoms with Crippen LogP contribution in [0.25, 0.3) is 0 Å². The van der Waals surface area contributed by atoms with Crippen LogP contribution in [0.1, 0.15) is 50.3 Å². The van der Waals surface area contributed by atoms with Gasteiger partial charge in [-0.1, -0.05) is 12.2 Å². The lowest BCUT2D eigenvalue weighted by atomic mass is 9.92. The molecule has 1 aliphatic carbocycles. The van der Waals surface area contributed by atoms with Crippen LogP contribution in [-0.2, 0) is 11.2 Å². The molecular formula is C16H21F2N3OS. The van der Waals surface area contributed by atoms with E-state index in [1.165, 1.54) is 6.92 Å². The molecule has 1 heterocycles. The summed E-state index contributed by atoms with van der Waals surface area (Å²) in [6, 6.07) is 3.56. The minimum atomic E-state index is -2.56. The highest BCUT2D eigenvalue weighted by Gasteiger charge is 2.34. The molecule has 0 bridgehead atoms. The van der Waals surface area contributed by atoms with Crippen LogP contribution in [0.5, 0.6) is 0 Å². The van der Waals surface area contributed by atoms with E-state index in [9.17, 15) is 13.6 Å². The summed E-state index contributed by atoms with van der Waals surface area (Å²) in [4.78, 5) is 15.7. The summed E-state index contributed by atoms with van der Waals surface area (Å²) in [6.45, 7) is 1.54. The van der Waals surface area contributed by atoms with Gasteiger partial charge in [-0.05, 0) is 43.9 Å². The molecule has 1 fully saturated rings. The van der Waals surface area contributed by atoms with Crippen molar-refractivity contribution >= 4 is 28.8 Å². The Hall–Kier alpha value is -1.63. The fourth-order valence-corrected chi connectivity index (χ4v) is 2.75. The second-order valence-electron chi connectivity index (χ2n) is 6.09. The number of nitrogens with two attached hydrogens (primary N) is 1. The summed E-state index contributed by atoms with van der Waals surface area (Å²) in [5.41, 5.74) is 7.03. The number of hydrogen-bond donors (Lipinski definition) is 2. The van der Waals surface area contributed by atoms with E-state index in [4.69, 9.17) is 18.0 Å². The molecule has 7 heteroatoms. The van der Waals surface area contributed by atoms with E-state index in [0.717, 1.165) is 5.56 Å². The number of carbonyl (C=O) groups is 1. The highest BCUT2D eigenvalue weighted by Crippen LogP contribution is 2.34. The van der Waals surface area contributed by atoms with Gasteiger partial charge in [0.05, 0.1) is 5.69 Å². The molecule has 1 aromatic rings. The van der Waals surface area contributed by atoms with Gasteiger partial charge in [0.2, 0.25) is 5.92 Å². The first kappa shape index (κ1) is 17.7. The summed E-state index contributed by atoms with van der Waals surface area (Å²) in [5, 5.41) is 3.20. The number of thiocarbonyl (C=S) groups is 1.